The lowest BCUT2D eigenvalue weighted by molar-refractivity contribution is -0.142. The monoisotopic (exact) mass is 499 g/mol. The fourth-order valence-corrected chi connectivity index (χ4v) is 4.48. The van der Waals surface area contributed by atoms with Gasteiger partial charge in [-0.15, -0.1) is 11.3 Å². The number of hydrogen-bond donors (Lipinski definition) is 0. The van der Waals surface area contributed by atoms with Crippen LogP contribution >= 0.6 is 27.3 Å². The summed E-state index contributed by atoms with van der Waals surface area (Å²) in [6.45, 7) is 0. The van der Waals surface area contributed by atoms with Crippen molar-refractivity contribution in [2.75, 3.05) is 0 Å². The van der Waals surface area contributed by atoms with E-state index >= 15 is 0 Å². The molecule has 0 bridgehead atoms. The second kappa shape index (κ2) is 7.62. The van der Waals surface area contributed by atoms with Crippen LogP contribution in [0.5, 0.6) is 0 Å². The molecule has 0 spiro atoms. The molecule has 0 aliphatic rings. The van der Waals surface area contributed by atoms with Gasteiger partial charge in [-0.25, -0.2) is 9.67 Å². The van der Waals surface area contributed by atoms with E-state index in [-0.39, 0.29) is 10.8 Å². The van der Waals surface area contributed by atoms with Gasteiger partial charge in [-0.2, -0.15) is 18.3 Å². The number of fused-ring (bicyclic) bond motifs is 1. The first kappa shape index (κ1) is 20.0. The van der Waals surface area contributed by atoms with Gasteiger partial charge >= 0.3 is 6.18 Å². The molecule has 2 aromatic heterocycles. The third-order valence-corrected chi connectivity index (χ3v) is 6.22. The van der Waals surface area contributed by atoms with Crippen molar-refractivity contribution in [1.29, 1.82) is 0 Å². The molecule has 31 heavy (non-hydrogen) atoms. The second-order valence-corrected chi connectivity index (χ2v) is 8.63. The number of nitrogens with zero attached hydrogens (tertiary/aromatic N) is 3. The smallest absolute Gasteiger partial charge is 0.218 e. The number of rotatable bonds is 3. The molecule has 0 saturated carbocycles. The van der Waals surface area contributed by atoms with Gasteiger partial charge in [0.1, 0.15) is 0 Å². The standard InChI is InChI=1S/C23H13BrF3N3S/c24-16-10-8-15(9-11-16)20-13-31-22(28-20)30-21(23(25,26)27)12-19(29-30)18-7-3-5-14-4-1-2-6-17(14)18/h1-13H. The summed E-state index contributed by atoms with van der Waals surface area (Å²) in [5, 5.41) is 8.01. The van der Waals surface area contributed by atoms with Crippen LogP contribution in [0.15, 0.2) is 82.6 Å². The summed E-state index contributed by atoms with van der Waals surface area (Å²) in [5.41, 5.74) is 1.47. The van der Waals surface area contributed by atoms with E-state index in [1.54, 1.807) is 11.4 Å². The summed E-state index contributed by atoms with van der Waals surface area (Å²) in [6, 6.07) is 21.6. The largest absolute Gasteiger partial charge is 0.433 e. The zero-order chi connectivity index (χ0) is 21.6. The molecule has 0 saturated heterocycles. The predicted octanol–water partition coefficient (Wildman–Crippen LogP) is 7.60. The second-order valence-electron chi connectivity index (χ2n) is 6.87. The van der Waals surface area contributed by atoms with Crippen LogP contribution in [0.2, 0.25) is 0 Å². The lowest BCUT2D eigenvalue weighted by Crippen LogP contribution is -2.13. The Morgan fingerprint density at radius 1 is 0.871 bits per heavy atom. The van der Waals surface area contributed by atoms with E-state index in [1.807, 2.05) is 60.7 Å². The molecule has 5 rings (SSSR count). The third-order valence-electron chi connectivity index (χ3n) is 4.88. The van der Waals surface area contributed by atoms with Crippen LogP contribution in [-0.2, 0) is 6.18 Å². The van der Waals surface area contributed by atoms with Gasteiger partial charge in [0.05, 0.1) is 11.4 Å². The number of hydrogen-bond acceptors (Lipinski definition) is 3. The van der Waals surface area contributed by atoms with Crippen LogP contribution in [0.25, 0.3) is 38.4 Å². The molecule has 2 heterocycles. The molecule has 8 heteroatoms. The van der Waals surface area contributed by atoms with Crippen molar-refractivity contribution in [2.45, 2.75) is 6.18 Å². The Labute approximate surface area is 187 Å². The summed E-state index contributed by atoms with van der Waals surface area (Å²) in [7, 11) is 0. The summed E-state index contributed by atoms with van der Waals surface area (Å²) < 4.78 is 43.4. The van der Waals surface area contributed by atoms with E-state index in [0.717, 1.165) is 42.9 Å². The van der Waals surface area contributed by atoms with Gasteiger partial charge in [0.2, 0.25) is 5.13 Å². The zero-order valence-electron chi connectivity index (χ0n) is 15.8. The van der Waals surface area contributed by atoms with E-state index < -0.39 is 11.9 Å². The molecule has 3 aromatic carbocycles. The Bertz CT molecular complexity index is 1380. The summed E-state index contributed by atoms with van der Waals surface area (Å²) >= 11 is 4.50. The highest BCUT2D eigenvalue weighted by atomic mass is 79.9. The topological polar surface area (TPSA) is 30.7 Å². The highest BCUT2D eigenvalue weighted by Gasteiger charge is 2.37. The van der Waals surface area contributed by atoms with E-state index in [0.29, 0.717) is 11.3 Å². The average Bonchev–Trinajstić information content (AvgIpc) is 3.41. The first-order valence-corrected chi connectivity index (χ1v) is 10.9. The first-order chi connectivity index (χ1) is 14.9. The molecule has 0 aliphatic carbocycles. The van der Waals surface area contributed by atoms with Crippen LogP contribution in [0.1, 0.15) is 5.69 Å². The van der Waals surface area contributed by atoms with E-state index in [9.17, 15) is 13.2 Å². The SMILES string of the molecule is FC(F)(F)c1cc(-c2cccc3ccccc23)nn1-c1nc(-c2ccc(Br)cc2)cs1. The van der Waals surface area contributed by atoms with Crippen molar-refractivity contribution < 1.29 is 13.2 Å². The molecular formula is C23H13BrF3N3S. The quantitative estimate of drug-likeness (QED) is 0.256. The van der Waals surface area contributed by atoms with Gasteiger partial charge in [-0.05, 0) is 29.0 Å². The normalized spacial score (nSPS) is 11.9. The van der Waals surface area contributed by atoms with Crippen molar-refractivity contribution in [3.05, 3.63) is 88.3 Å². The van der Waals surface area contributed by atoms with Crippen LogP contribution in [0, 0.1) is 0 Å². The van der Waals surface area contributed by atoms with Crippen molar-refractivity contribution in [3.63, 3.8) is 0 Å². The lowest BCUT2D eigenvalue weighted by Gasteiger charge is -2.07. The van der Waals surface area contributed by atoms with Gasteiger partial charge in [-0.1, -0.05) is 70.5 Å². The van der Waals surface area contributed by atoms with Crippen molar-refractivity contribution >= 4 is 38.0 Å². The Hall–Kier alpha value is -2.97. The van der Waals surface area contributed by atoms with Crippen molar-refractivity contribution in [1.82, 2.24) is 14.8 Å². The molecule has 0 atom stereocenters. The average molecular weight is 500 g/mol. The van der Waals surface area contributed by atoms with Crippen molar-refractivity contribution in [2.24, 2.45) is 0 Å². The van der Waals surface area contributed by atoms with Gasteiger partial charge in [0.25, 0.3) is 0 Å². The van der Waals surface area contributed by atoms with Gasteiger partial charge in [0.15, 0.2) is 5.69 Å². The molecule has 3 nitrogen and oxygen atoms in total. The van der Waals surface area contributed by atoms with Gasteiger partial charge in [0, 0.05) is 21.0 Å². The van der Waals surface area contributed by atoms with E-state index in [1.165, 1.54) is 0 Å². The van der Waals surface area contributed by atoms with Gasteiger partial charge < -0.3 is 0 Å². The Morgan fingerprint density at radius 2 is 1.61 bits per heavy atom. The fraction of sp³-hybridized carbons (Fsp3) is 0.0435. The highest BCUT2D eigenvalue weighted by molar-refractivity contribution is 9.10. The molecular weight excluding hydrogens is 487 g/mol. The highest BCUT2D eigenvalue weighted by Crippen LogP contribution is 2.37. The van der Waals surface area contributed by atoms with Crippen LogP contribution < -0.4 is 0 Å². The Balaban J connectivity index is 1.64. The summed E-state index contributed by atoms with van der Waals surface area (Å²) in [6.07, 6.45) is -4.57. The molecule has 154 valence electrons. The zero-order valence-corrected chi connectivity index (χ0v) is 18.2. The molecule has 0 amide bonds. The Morgan fingerprint density at radius 3 is 2.39 bits per heavy atom. The minimum atomic E-state index is -4.57. The molecule has 0 aliphatic heterocycles. The number of thiazole rings is 1. The van der Waals surface area contributed by atoms with Crippen LogP contribution in [0.3, 0.4) is 0 Å². The van der Waals surface area contributed by atoms with Crippen LogP contribution in [0.4, 0.5) is 13.2 Å². The first-order valence-electron chi connectivity index (χ1n) is 9.27. The fourth-order valence-electron chi connectivity index (χ4n) is 3.42. The summed E-state index contributed by atoms with van der Waals surface area (Å²) in [5.74, 6) is 0. The van der Waals surface area contributed by atoms with E-state index in [4.69, 9.17) is 0 Å². The molecule has 0 fully saturated rings. The summed E-state index contributed by atoms with van der Waals surface area (Å²) in [4.78, 5) is 4.43. The van der Waals surface area contributed by atoms with Gasteiger partial charge in [-0.3, -0.25) is 0 Å². The maximum atomic E-state index is 13.9. The lowest BCUT2D eigenvalue weighted by atomic mass is 10.0. The Kier molecular flexibility index (Phi) is 4.91. The number of halogens is 4. The maximum Gasteiger partial charge on any atom is 0.433 e. The maximum absolute atomic E-state index is 13.9. The predicted molar refractivity (Wildman–Crippen MR) is 120 cm³/mol. The van der Waals surface area contributed by atoms with Crippen LogP contribution in [-0.4, -0.2) is 14.8 Å². The van der Waals surface area contributed by atoms with Crippen molar-refractivity contribution in [3.8, 4) is 27.6 Å². The number of benzene rings is 3. The third kappa shape index (κ3) is 3.77. The number of alkyl halides is 3. The molecule has 0 N–H and O–H groups in total. The molecule has 0 unspecified atom stereocenters. The number of aromatic nitrogens is 3. The minimum Gasteiger partial charge on any atom is -0.218 e. The molecule has 5 aromatic rings. The molecule has 0 radical (unpaired) electrons. The van der Waals surface area contributed by atoms with E-state index in [2.05, 4.69) is 26.0 Å². The minimum absolute atomic E-state index is 0.164.